The molecule has 2 aliphatic rings. The molecule has 0 unspecified atom stereocenters. The van der Waals surface area contributed by atoms with Crippen LogP contribution in [0.5, 0.6) is 0 Å². The van der Waals surface area contributed by atoms with Gasteiger partial charge in [0.15, 0.2) is 0 Å². The van der Waals surface area contributed by atoms with Crippen molar-refractivity contribution in [1.82, 2.24) is 14.8 Å². The molecule has 1 aromatic heterocycles. The van der Waals surface area contributed by atoms with Crippen LogP contribution in [0, 0.1) is 24.0 Å². The molecule has 1 N–H and O–H groups in total. The summed E-state index contributed by atoms with van der Waals surface area (Å²) in [5.74, 6) is 0.876. The summed E-state index contributed by atoms with van der Waals surface area (Å²) in [7, 11) is 0. The van der Waals surface area contributed by atoms with E-state index in [4.69, 9.17) is 0 Å². The largest absolute Gasteiger partial charge is 0.369 e. The third kappa shape index (κ3) is 6.91. The Bertz CT molecular complexity index is 997. The summed E-state index contributed by atoms with van der Waals surface area (Å²) in [6.45, 7) is 9.96. The molecule has 190 valence electrons. The lowest BCUT2D eigenvalue weighted by molar-refractivity contribution is -0.385. The molecule has 2 saturated heterocycles. The number of anilines is 2. The van der Waals surface area contributed by atoms with Gasteiger partial charge in [-0.3, -0.25) is 19.8 Å². The third-order valence-corrected chi connectivity index (χ3v) is 6.87. The zero-order chi connectivity index (χ0) is 24.1. The quantitative estimate of drug-likeness (QED) is 0.473. The van der Waals surface area contributed by atoms with Gasteiger partial charge in [-0.15, -0.1) is 0 Å². The van der Waals surface area contributed by atoms with E-state index in [2.05, 4.69) is 51.3 Å². The summed E-state index contributed by atoms with van der Waals surface area (Å²) in [4.78, 5) is 34.4. The van der Waals surface area contributed by atoms with Gasteiger partial charge >= 0.3 is 0 Å². The van der Waals surface area contributed by atoms with Crippen LogP contribution < -0.4 is 10.2 Å². The van der Waals surface area contributed by atoms with Gasteiger partial charge in [0.05, 0.1) is 4.92 Å². The molecule has 4 rings (SSSR count). The van der Waals surface area contributed by atoms with Gasteiger partial charge in [-0.1, -0.05) is 25.1 Å². The molecule has 0 radical (unpaired) electrons. The van der Waals surface area contributed by atoms with Gasteiger partial charge in [-0.05, 0) is 44.9 Å². The molecule has 2 aliphatic heterocycles. The molecule has 1 aromatic carbocycles. The van der Waals surface area contributed by atoms with E-state index in [1.165, 1.54) is 17.3 Å². The van der Waals surface area contributed by atoms with Crippen LogP contribution >= 0.6 is 0 Å². The maximum atomic E-state index is 12.8. The zero-order valence-corrected chi connectivity index (χ0v) is 20.1. The molecule has 0 atom stereocenters. The Kier molecular flexibility index (Phi) is 9.03. The number of pyridine rings is 1. The van der Waals surface area contributed by atoms with E-state index in [1.54, 1.807) is 13.0 Å². The van der Waals surface area contributed by atoms with E-state index in [1.807, 2.05) is 4.90 Å². The van der Waals surface area contributed by atoms with Crippen molar-refractivity contribution >= 4 is 23.1 Å². The minimum atomic E-state index is -0.417. The number of benzene rings is 1. The van der Waals surface area contributed by atoms with E-state index in [9.17, 15) is 14.9 Å². The van der Waals surface area contributed by atoms with Gasteiger partial charge in [-0.25, -0.2) is 4.98 Å². The number of piperidine rings is 1. The molecular weight excluding hydrogens is 444 g/mol. The maximum Gasteiger partial charge on any atom is 0.290 e. The number of nitro groups is 1. The highest BCUT2D eigenvalue weighted by molar-refractivity contribution is 5.76. The van der Waals surface area contributed by atoms with E-state index >= 15 is 0 Å². The standard InChI is InChI=1S/C25H34N6O3.CH4/c1-19-3-5-22(6-4-19)29-17-15-28(16-18-29)12-11-25(32)30-13-9-21(10-14-30)27-24-8-7-23(31(33)34)20(2)26-24;/h3-8,21H,9-18H2,1-2H3,(H,26,27);1H4. The fourth-order valence-electron chi connectivity index (χ4n) is 4.71. The van der Waals surface area contributed by atoms with Gasteiger partial charge in [0.1, 0.15) is 11.5 Å². The highest BCUT2D eigenvalue weighted by Crippen LogP contribution is 2.21. The molecule has 35 heavy (non-hydrogen) atoms. The van der Waals surface area contributed by atoms with Crippen LogP contribution in [0.15, 0.2) is 36.4 Å². The Balaban J connectivity index is 0.00000342. The Morgan fingerprint density at radius 2 is 1.69 bits per heavy atom. The van der Waals surface area contributed by atoms with Crippen molar-refractivity contribution < 1.29 is 9.72 Å². The number of likely N-dealkylation sites (tertiary alicyclic amines) is 1. The summed E-state index contributed by atoms with van der Waals surface area (Å²) < 4.78 is 0. The molecule has 0 saturated carbocycles. The second-order valence-corrected chi connectivity index (χ2v) is 9.27. The van der Waals surface area contributed by atoms with Crippen molar-refractivity contribution in [1.29, 1.82) is 0 Å². The molecule has 0 bridgehead atoms. The topological polar surface area (TPSA) is 94.8 Å². The second-order valence-electron chi connectivity index (χ2n) is 9.27. The number of carbonyl (C=O) groups is 1. The molecule has 9 nitrogen and oxygen atoms in total. The van der Waals surface area contributed by atoms with Crippen LogP contribution in [0.4, 0.5) is 17.2 Å². The summed E-state index contributed by atoms with van der Waals surface area (Å²) >= 11 is 0. The smallest absolute Gasteiger partial charge is 0.290 e. The highest BCUT2D eigenvalue weighted by atomic mass is 16.6. The van der Waals surface area contributed by atoms with Crippen molar-refractivity contribution in [3.63, 3.8) is 0 Å². The Labute approximate surface area is 208 Å². The summed E-state index contributed by atoms with van der Waals surface area (Å²) in [6, 6.07) is 12.0. The average Bonchev–Trinajstić information content (AvgIpc) is 2.84. The minimum absolute atomic E-state index is 0. The van der Waals surface area contributed by atoms with Crippen LogP contribution in [-0.4, -0.2) is 77.5 Å². The average molecular weight is 483 g/mol. The molecule has 2 aromatic rings. The molecule has 0 spiro atoms. The van der Waals surface area contributed by atoms with Crippen LogP contribution in [0.1, 0.15) is 37.9 Å². The SMILES string of the molecule is C.Cc1ccc(N2CCN(CCC(=O)N3CCC(Nc4ccc([N+](=O)[O-])c(C)n4)CC3)CC2)cc1. The number of aromatic nitrogens is 1. The lowest BCUT2D eigenvalue weighted by atomic mass is 10.0. The molecule has 2 fully saturated rings. The number of nitrogens with one attached hydrogen (secondary N) is 1. The predicted octanol–water partition coefficient (Wildman–Crippen LogP) is 3.86. The van der Waals surface area contributed by atoms with Crippen LogP contribution in [0.25, 0.3) is 0 Å². The van der Waals surface area contributed by atoms with Crippen molar-refractivity contribution in [2.75, 3.05) is 56.0 Å². The van der Waals surface area contributed by atoms with Gasteiger partial charge < -0.3 is 15.1 Å². The normalized spacial score (nSPS) is 17.1. The first kappa shape index (κ1) is 26.4. The summed E-state index contributed by atoms with van der Waals surface area (Å²) in [5, 5.41) is 14.3. The first-order valence-corrected chi connectivity index (χ1v) is 12.1. The number of hydrogen-bond acceptors (Lipinski definition) is 7. The minimum Gasteiger partial charge on any atom is -0.369 e. The van der Waals surface area contributed by atoms with Gasteiger partial charge in [0.25, 0.3) is 5.69 Å². The lowest BCUT2D eigenvalue weighted by Crippen LogP contribution is -2.48. The lowest BCUT2D eigenvalue weighted by Gasteiger charge is -2.37. The van der Waals surface area contributed by atoms with Gasteiger partial charge in [0.2, 0.25) is 5.91 Å². The van der Waals surface area contributed by atoms with E-state index in [0.717, 1.165) is 58.7 Å². The summed E-state index contributed by atoms with van der Waals surface area (Å²) in [6.07, 6.45) is 2.25. The fraction of sp³-hybridized carbons (Fsp3) is 0.538. The molecule has 3 heterocycles. The number of rotatable bonds is 7. The Morgan fingerprint density at radius 3 is 2.29 bits per heavy atom. The molecule has 1 amide bonds. The van der Waals surface area contributed by atoms with E-state index in [-0.39, 0.29) is 25.1 Å². The maximum absolute atomic E-state index is 12.8. The number of carbonyl (C=O) groups excluding carboxylic acids is 1. The first-order valence-electron chi connectivity index (χ1n) is 12.1. The van der Waals surface area contributed by atoms with Crippen LogP contribution in [0.3, 0.4) is 0 Å². The van der Waals surface area contributed by atoms with Gasteiger partial charge in [0, 0.05) is 70.0 Å². The highest BCUT2D eigenvalue weighted by Gasteiger charge is 2.24. The number of hydrogen-bond donors (Lipinski definition) is 1. The molecular formula is C26H38N6O3. The predicted molar refractivity (Wildman–Crippen MR) is 140 cm³/mol. The summed E-state index contributed by atoms with van der Waals surface area (Å²) in [5.41, 5.74) is 2.99. The number of nitrogens with zero attached hydrogens (tertiary/aromatic N) is 5. The zero-order valence-electron chi connectivity index (χ0n) is 20.1. The number of aryl methyl sites for hydroxylation is 2. The van der Waals surface area contributed by atoms with Crippen LogP contribution in [-0.2, 0) is 4.79 Å². The second kappa shape index (κ2) is 12.0. The van der Waals surface area contributed by atoms with Crippen molar-refractivity contribution in [2.45, 2.75) is 46.6 Å². The number of amides is 1. The van der Waals surface area contributed by atoms with Crippen molar-refractivity contribution in [3.05, 3.63) is 57.8 Å². The monoisotopic (exact) mass is 482 g/mol. The van der Waals surface area contributed by atoms with E-state index in [0.29, 0.717) is 17.9 Å². The Morgan fingerprint density at radius 1 is 1.03 bits per heavy atom. The fourth-order valence-corrected chi connectivity index (χ4v) is 4.71. The van der Waals surface area contributed by atoms with Gasteiger partial charge in [-0.2, -0.15) is 0 Å². The molecule has 0 aliphatic carbocycles. The van der Waals surface area contributed by atoms with E-state index < -0.39 is 4.92 Å². The van der Waals surface area contributed by atoms with Crippen LogP contribution in [0.2, 0.25) is 0 Å². The van der Waals surface area contributed by atoms with Crippen molar-refractivity contribution in [3.8, 4) is 0 Å². The van der Waals surface area contributed by atoms with Crippen molar-refractivity contribution in [2.24, 2.45) is 0 Å². The number of piperazine rings is 1. The molecule has 9 heteroatoms. The Hall–Kier alpha value is -3.20. The third-order valence-electron chi connectivity index (χ3n) is 6.87. The first-order chi connectivity index (χ1) is 16.4.